The highest BCUT2D eigenvalue weighted by Crippen LogP contribution is 2.34. The van der Waals surface area contributed by atoms with Crippen LogP contribution in [0.4, 0.5) is 5.69 Å². The lowest BCUT2D eigenvalue weighted by Crippen LogP contribution is -2.29. The van der Waals surface area contributed by atoms with Gasteiger partial charge in [0.05, 0.1) is 11.9 Å². The quantitative estimate of drug-likeness (QED) is 0.719. The minimum absolute atomic E-state index is 0.0436. The largest absolute Gasteiger partial charge is 0.506 e. The van der Waals surface area contributed by atoms with Crippen molar-refractivity contribution in [3.8, 4) is 16.9 Å². The number of aromatic hydroxyl groups is 1. The summed E-state index contributed by atoms with van der Waals surface area (Å²) in [4.78, 5) is 11.2. The normalized spacial score (nSPS) is 17.2. The van der Waals surface area contributed by atoms with E-state index in [0.29, 0.717) is 5.56 Å². The van der Waals surface area contributed by atoms with Gasteiger partial charge in [-0.1, -0.05) is 6.07 Å². The number of nitrogens with one attached hydrogen (secondary N) is 2. The van der Waals surface area contributed by atoms with Crippen LogP contribution in [0, 0.1) is 0 Å². The molecule has 20 heavy (non-hydrogen) atoms. The third-order valence-corrected chi connectivity index (χ3v) is 4.29. The fraction of sp³-hybridized carbons (Fsp3) is 0.0909. The van der Waals surface area contributed by atoms with E-state index in [2.05, 4.69) is 10.2 Å². The zero-order valence-corrected chi connectivity index (χ0v) is 10.9. The summed E-state index contributed by atoms with van der Waals surface area (Å²) in [7, 11) is -3.95. The highest BCUT2D eigenvalue weighted by Gasteiger charge is 2.35. The van der Waals surface area contributed by atoms with Crippen molar-refractivity contribution in [2.24, 2.45) is 0 Å². The van der Waals surface area contributed by atoms with Crippen LogP contribution in [-0.4, -0.2) is 36.2 Å². The Hall–Kier alpha value is -2.55. The van der Waals surface area contributed by atoms with Crippen LogP contribution in [0.3, 0.4) is 0 Å². The number of hydrogen-bond donors (Lipinski definition) is 3. The van der Waals surface area contributed by atoms with Gasteiger partial charge in [-0.3, -0.25) is 9.89 Å². The number of phenols is 1. The molecule has 2 aromatic rings. The van der Waals surface area contributed by atoms with Crippen molar-refractivity contribution in [2.75, 3.05) is 10.8 Å². The molecule has 0 bridgehead atoms. The second-order valence-electron chi connectivity index (χ2n) is 4.23. The zero-order valence-electron chi connectivity index (χ0n) is 10.1. The number of benzene rings is 1. The summed E-state index contributed by atoms with van der Waals surface area (Å²) in [6, 6.07) is 4.48. The number of phenolic OH excluding ortho intramolecular Hbond substituents is 1. The molecule has 0 spiro atoms. The van der Waals surface area contributed by atoms with Crippen LogP contribution in [0.2, 0.25) is 0 Å². The van der Waals surface area contributed by atoms with E-state index in [1.807, 2.05) is 4.72 Å². The van der Waals surface area contributed by atoms with Gasteiger partial charge in [-0.15, -0.1) is 0 Å². The van der Waals surface area contributed by atoms with Gasteiger partial charge in [-0.2, -0.15) is 13.5 Å². The molecule has 3 N–H and O–H groups in total. The maximum absolute atomic E-state index is 11.8. The molecule has 1 fully saturated rings. The summed E-state index contributed by atoms with van der Waals surface area (Å²) in [5.74, 6) is -0.865. The highest BCUT2D eigenvalue weighted by atomic mass is 32.2. The van der Waals surface area contributed by atoms with E-state index in [-0.39, 0.29) is 18.0 Å². The first kappa shape index (κ1) is 12.5. The Balaban J connectivity index is 2.10. The Kier molecular flexibility index (Phi) is 2.64. The molecule has 1 aliphatic rings. The first-order valence-electron chi connectivity index (χ1n) is 5.63. The molecule has 1 aromatic heterocycles. The zero-order chi connectivity index (χ0) is 14.3. The minimum Gasteiger partial charge on any atom is -0.506 e. The number of anilines is 1. The minimum atomic E-state index is -3.95. The number of amides is 1. The van der Waals surface area contributed by atoms with Gasteiger partial charge in [0.1, 0.15) is 12.3 Å². The van der Waals surface area contributed by atoms with Gasteiger partial charge in [0.25, 0.3) is 5.91 Å². The Morgan fingerprint density at radius 2 is 2.10 bits per heavy atom. The van der Waals surface area contributed by atoms with Crippen LogP contribution in [-0.2, 0) is 15.0 Å². The fourth-order valence-electron chi connectivity index (χ4n) is 1.97. The molecule has 2 heterocycles. The number of carbonyl (C=O) groups is 1. The van der Waals surface area contributed by atoms with Gasteiger partial charge in [-0.25, -0.2) is 9.03 Å². The molecule has 0 aliphatic carbocycles. The molecule has 1 amide bonds. The number of hydrogen-bond acceptors (Lipinski definition) is 5. The fourth-order valence-corrected chi connectivity index (χ4v) is 3.13. The lowest BCUT2D eigenvalue weighted by molar-refractivity contribution is -0.117. The third kappa shape index (κ3) is 1.97. The predicted octanol–water partition coefficient (Wildman–Crippen LogP) is -0.0367. The number of H-pyrrole nitrogens is 1. The summed E-state index contributed by atoms with van der Waals surface area (Å²) in [6.07, 6.45) is 3.20. The van der Waals surface area contributed by atoms with Crippen molar-refractivity contribution in [1.29, 1.82) is 0 Å². The van der Waals surface area contributed by atoms with E-state index < -0.39 is 16.1 Å². The van der Waals surface area contributed by atoms with Gasteiger partial charge in [-0.05, 0) is 17.7 Å². The summed E-state index contributed by atoms with van der Waals surface area (Å²) in [5, 5.41) is 16.3. The number of rotatable bonds is 2. The van der Waals surface area contributed by atoms with Crippen LogP contribution in [0.5, 0.6) is 5.75 Å². The molecule has 9 heteroatoms. The number of nitrogens with zero attached hydrogens (tertiary/aromatic N) is 2. The topological polar surface area (TPSA) is 115 Å². The van der Waals surface area contributed by atoms with Crippen LogP contribution in [0.25, 0.3) is 11.1 Å². The van der Waals surface area contributed by atoms with E-state index in [9.17, 15) is 18.3 Å². The molecule has 1 saturated heterocycles. The number of carbonyl (C=O) groups excluding carboxylic acids is 1. The molecule has 0 saturated carbocycles. The maximum atomic E-state index is 11.8. The summed E-state index contributed by atoms with van der Waals surface area (Å²) < 4.78 is 26.3. The van der Waals surface area contributed by atoms with Crippen molar-refractivity contribution in [3.05, 3.63) is 30.6 Å². The Bertz CT molecular complexity index is 770. The Morgan fingerprint density at radius 1 is 1.30 bits per heavy atom. The van der Waals surface area contributed by atoms with Gasteiger partial charge >= 0.3 is 10.2 Å². The smallest absolute Gasteiger partial charge is 0.326 e. The molecule has 0 radical (unpaired) electrons. The van der Waals surface area contributed by atoms with E-state index in [4.69, 9.17) is 0 Å². The van der Waals surface area contributed by atoms with Gasteiger partial charge < -0.3 is 5.11 Å². The predicted molar refractivity (Wildman–Crippen MR) is 70.1 cm³/mol. The maximum Gasteiger partial charge on any atom is 0.326 e. The molecule has 0 unspecified atom stereocenters. The molecular weight excluding hydrogens is 284 g/mol. The molecule has 1 aliphatic heterocycles. The number of aromatic amines is 1. The van der Waals surface area contributed by atoms with Gasteiger partial charge in [0.2, 0.25) is 0 Å². The Morgan fingerprint density at radius 3 is 2.70 bits per heavy atom. The second kappa shape index (κ2) is 4.23. The first-order chi connectivity index (χ1) is 9.47. The highest BCUT2D eigenvalue weighted by molar-refractivity contribution is 7.92. The molecule has 8 nitrogen and oxygen atoms in total. The molecule has 104 valence electrons. The summed E-state index contributed by atoms with van der Waals surface area (Å²) in [5.41, 5.74) is 1.45. The molecule has 1 aromatic carbocycles. The lowest BCUT2D eigenvalue weighted by Gasteiger charge is -2.16. The van der Waals surface area contributed by atoms with Crippen molar-refractivity contribution in [3.63, 3.8) is 0 Å². The van der Waals surface area contributed by atoms with Crippen LogP contribution < -0.4 is 9.03 Å². The van der Waals surface area contributed by atoms with Crippen molar-refractivity contribution >= 4 is 21.8 Å². The van der Waals surface area contributed by atoms with E-state index in [1.54, 1.807) is 18.5 Å². The standard InChI is InChI=1S/C11H10N4O4S/c16-10-2-1-7(8-4-12-13-5-8)3-9(10)15-6-11(17)14-20(15,18)19/h1-5,16H,6H2,(H,12,13)(H,14,17). The summed E-state index contributed by atoms with van der Waals surface area (Å²) in [6.45, 7) is -0.356. The average Bonchev–Trinajstić information content (AvgIpc) is 2.98. The van der Waals surface area contributed by atoms with Crippen LogP contribution in [0.1, 0.15) is 0 Å². The van der Waals surface area contributed by atoms with Crippen molar-refractivity contribution in [2.45, 2.75) is 0 Å². The monoisotopic (exact) mass is 294 g/mol. The van der Waals surface area contributed by atoms with Gasteiger partial charge in [0, 0.05) is 11.8 Å². The van der Waals surface area contributed by atoms with Crippen LogP contribution >= 0.6 is 0 Å². The lowest BCUT2D eigenvalue weighted by atomic mass is 10.1. The second-order valence-corrected chi connectivity index (χ2v) is 5.82. The number of aromatic nitrogens is 2. The molecular formula is C11H10N4O4S. The SMILES string of the molecule is O=C1CN(c2cc(-c3cn[nH]c3)ccc2O)S(=O)(=O)N1. The van der Waals surface area contributed by atoms with E-state index in [0.717, 1.165) is 9.87 Å². The third-order valence-electron chi connectivity index (χ3n) is 2.90. The van der Waals surface area contributed by atoms with Crippen LogP contribution in [0.15, 0.2) is 30.6 Å². The van der Waals surface area contributed by atoms with E-state index >= 15 is 0 Å². The summed E-state index contributed by atoms with van der Waals surface area (Å²) >= 11 is 0. The van der Waals surface area contributed by atoms with Gasteiger partial charge in [0.15, 0.2) is 0 Å². The Labute approximate surface area is 114 Å². The molecule has 0 atom stereocenters. The van der Waals surface area contributed by atoms with E-state index in [1.165, 1.54) is 12.1 Å². The molecule has 3 rings (SSSR count). The average molecular weight is 294 g/mol. The van der Waals surface area contributed by atoms with Crippen molar-refractivity contribution < 1.29 is 18.3 Å². The van der Waals surface area contributed by atoms with Crippen molar-refractivity contribution in [1.82, 2.24) is 14.9 Å². The first-order valence-corrected chi connectivity index (χ1v) is 7.07.